The summed E-state index contributed by atoms with van der Waals surface area (Å²) in [4.78, 5) is 8.08. The van der Waals surface area contributed by atoms with Crippen molar-refractivity contribution in [2.24, 2.45) is 0 Å². The Kier molecular flexibility index (Phi) is 5.09. The smallest absolute Gasteiger partial charge is 0.174 e. The van der Waals surface area contributed by atoms with Crippen molar-refractivity contribution in [1.82, 2.24) is 10.3 Å². The Labute approximate surface area is 168 Å². The van der Waals surface area contributed by atoms with Gasteiger partial charge in [-0.3, -0.25) is 4.98 Å². The van der Waals surface area contributed by atoms with E-state index in [1.165, 1.54) is 10.4 Å². The number of nitrogens with one attached hydrogen (secondary N) is 1. The normalized spacial score (nSPS) is 19.2. The highest BCUT2D eigenvalue weighted by Gasteiger charge is 2.41. The van der Waals surface area contributed by atoms with Crippen LogP contribution in [0.15, 0.2) is 60.1 Å². The van der Waals surface area contributed by atoms with E-state index in [1.807, 2.05) is 37.4 Å². The molecule has 2 aromatic heterocycles. The highest BCUT2D eigenvalue weighted by atomic mass is 32.1. The number of thiocarbonyl (C=S) groups is 1. The summed E-state index contributed by atoms with van der Waals surface area (Å²) < 4.78 is 5.58. The zero-order valence-corrected chi connectivity index (χ0v) is 16.9. The molecule has 0 radical (unpaired) electrons. The molecule has 4 nitrogen and oxygen atoms in total. The van der Waals surface area contributed by atoms with Crippen LogP contribution in [-0.4, -0.2) is 16.7 Å². The molecule has 3 aromatic rings. The summed E-state index contributed by atoms with van der Waals surface area (Å²) in [5, 5.41) is 6.35. The van der Waals surface area contributed by atoms with Gasteiger partial charge in [0.25, 0.3) is 0 Å². The molecule has 1 saturated heterocycles. The molecule has 2 atom stereocenters. The van der Waals surface area contributed by atoms with Crippen molar-refractivity contribution in [3.05, 3.63) is 76.2 Å². The molecule has 0 saturated carbocycles. The average molecular weight is 396 g/mol. The molecular formula is C21H21N3OS2. The molecular weight excluding hydrogens is 374 g/mol. The van der Waals surface area contributed by atoms with E-state index in [2.05, 4.69) is 51.8 Å². The largest absolute Gasteiger partial charge is 0.494 e. The van der Waals surface area contributed by atoms with Gasteiger partial charge in [-0.2, -0.15) is 0 Å². The van der Waals surface area contributed by atoms with Gasteiger partial charge in [0, 0.05) is 16.8 Å². The van der Waals surface area contributed by atoms with Crippen molar-refractivity contribution in [2.45, 2.75) is 25.9 Å². The van der Waals surface area contributed by atoms with Gasteiger partial charge in [0.05, 0.1) is 24.4 Å². The lowest BCUT2D eigenvalue weighted by Crippen LogP contribution is -2.29. The summed E-state index contributed by atoms with van der Waals surface area (Å²) in [5.41, 5.74) is 3.31. The van der Waals surface area contributed by atoms with Crippen LogP contribution < -0.4 is 15.0 Å². The van der Waals surface area contributed by atoms with E-state index in [0.29, 0.717) is 11.7 Å². The van der Waals surface area contributed by atoms with Crippen LogP contribution in [0.5, 0.6) is 5.75 Å². The number of aryl methyl sites for hydroxylation is 1. The number of rotatable bonds is 5. The summed E-state index contributed by atoms with van der Waals surface area (Å²) in [6.07, 6.45) is 1.83. The molecule has 1 fully saturated rings. The number of benzene rings is 1. The summed E-state index contributed by atoms with van der Waals surface area (Å²) >= 11 is 7.50. The number of hydrogen-bond donors (Lipinski definition) is 1. The van der Waals surface area contributed by atoms with Gasteiger partial charge in [0.2, 0.25) is 0 Å². The van der Waals surface area contributed by atoms with Crippen molar-refractivity contribution in [1.29, 1.82) is 0 Å². The fraction of sp³-hybridized carbons (Fsp3) is 0.238. The van der Waals surface area contributed by atoms with E-state index in [4.69, 9.17) is 17.0 Å². The second-order valence-electron chi connectivity index (χ2n) is 6.39. The van der Waals surface area contributed by atoms with Crippen LogP contribution in [0.2, 0.25) is 0 Å². The zero-order chi connectivity index (χ0) is 18.8. The number of hydrogen-bond acceptors (Lipinski definition) is 4. The van der Waals surface area contributed by atoms with E-state index in [-0.39, 0.29) is 12.1 Å². The second-order valence-corrected chi connectivity index (χ2v) is 7.73. The third-order valence-corrected chi connectivity index (χ3v) is 6.10. The maximum atomic E-state index is 5.74. The molecule has 0 aliphatic carbocycles. The molecule has 0 amide bonds. The highest BCUT2D eigenvalue weighted by Crippen LogP contribution is 2.44. The third kappa shape index (κ3) is 3.42. The molecule has 1 aliphatic rings. The van der Waals surface area contributed by atoms with Gasteiger partial charge in [0.15, 0.2) is 5.11 Å². The maximum absolute atomic E-state index is 5.74. The van der Waals surface area contributed by atoms with Gasteiger partial charge in [-0.1, -0.05) is 6.07 Å². The topological polar surface area (TPSA) is 37.4 Å². The van der Waals surface area contributed by atoms with Crippen LogP contribution in [-0.2, 0) is 0 Å². The van der Waals surface area contributed by atoms with Crippen molar-refractivity contribution < 1.29 is 4.74 Å². The molecule has 0 bridgehead atoms. The molecule has 4 rings (SSSR count). The first-order chi connectivity index (χ1) is 13.2. The standard InChI is InChI=1S/C21H21N3OS2/c1-3-25-16-9-7-15(8-10-16)24-19(20-14(2)11-13-27-20)18(23-21(24)26)17-6-4-5-12-22-17/h4-13,18-19H,3H2,1-2H3,(H,23,26)/t18-,19-/m1/s1. The van der Waals surface area contributed by atoms with Gasteiger partial charge >= 0.3 is 0 Å². The predicted molar refractivity (Wildman–Crippen MR) is 115 cm³/mol. The monoisotopic (exact) mass is 395 g/mol. The van der Waals surface area contributed by atoms with Gasteiger partial charge in [-0.25, -0.2) is 0 Å². The summed E-state index contributed by atoms with van der Waals surface area (Å²) in [6, 6.07) is 16.4. The number of thiophene rings is 1. The quantitative estimate of drug-likeness (QED) is 0.614. The predicted octanol–water partition coefficient (Wildman–Crippen LogP) is 5.03. The Morgan fingerprint density at radius 2 is 2.00 bits per heavy atom. The lowest BCUT2D eigenvalue weighted by Gasteiger charge is -2.27. The second kappa shape index (κ2) is 7.66. The number of ether oxygens (including phenoxy) is 1. The minimum Gasteiger partial charge on any atom is -0.494 e. The number of nitrogens with zero attached hydrogens (tertiary/aromatic N) is 2. The molecule has 1 aromatic carbocycles. The van der Waals surface area contributed by atoms with Crippen molar-refractivity contribution in [3.8, 4) is 5.75 Å². The first-order valence-electron chi connectivity index (χ1n) is 8.96. The lowest BCUT2D eigenvalue weighted by atomic mass is 10.0. The fourth-order valence-corrected chi connectivity index (χ4v) is 4.86. The molecule has 0 unspecified atom stereocenters. The maximum Gasteiger partial charge on any atom is 0.174 e. The summed E-state index contributed by atoms with van der Waals surface area (Å²) in [5.74, 6) is 0.865. The van der Waals surface area contributed by atoms with E-state index in [9.17, 15) is 0 Å². The molecule has 1 N–H and O–H groups in total. The van der Waals surface area contributed by atoms with Crippen LogP contribution >= 0.6 is 23.6 Å². The summed E-state index contributed by atoms with van der Waals surface area (Å²) in [6.45, 7) is 4.79. The Hall–Kier alpha value is -2.44. The van der Waals surface area contributed by atoms with Crippen LogP contribution in [0, 0.1) is 6.92 Å². The number of anilines is 1. The molecule has 3 heterocycles. The Morgan fingerprint density at radius 1 is 1.19 bits per heavy atom. The SMILES string of the molecule is CCOc1ccc(N2C(=S)N[C@H](c3ccccn3)[C@@H]2c2sccc2C)cc1. The first kappa shape index (κ1) is 17.9. The van der Waals surface area contributed by atoms with E-state index in [0.717, 1.165) is 17.1 Å². The van der Waals surface area contributed by atoms with Crippen LogP contribution in [0.1, 0.15) is 35.1 Å². The lowest BCUT2D eigenvalue weighted by molar-refractivity contribution is 0.340. The minimum atomic E-state index is 0.00242. The number of aromatic nitrogens is 1. The highest BCUT2D eigenvalue weighted by molar-refractivity contribution is 7.80. The molecule has 138 valence electrons. The van der Waals surface area contributed by atoms with Crippen molar-refractivity contribution in [3.63, 3.8) is 0 Å². The summed E-state index contributed by atoms with van der Waals surface area (Å²) in [7, 11) is 0. The number of pyridine rings is 1. The van der Waals surface area contributed by atoms with E-state index in [1.54, 1.807) is 11.3 Å². The van der Waals surface area contributed by atoms with Gasteiger partial charge in [-0.05, 0) is 79.5 Å². The fourth-order valence-electron chi connectivity index (χ4n) is 3.46. The van der Waals surface area contributed by atoms with E-state index < -0.39 is 0 Å². The van der Waals surface area contributed by atoms with Crippen molar-refractivity contribution >= 4 is 34.4 Å². The minimum absolute atomic E-state index is 0.00242. The van der Waals surface area contributed by atoms with Gasteiger partial charge in [-0.15, -0.1) is 11.3 Å². The van der Waals surface area contributed by atoms with Crippen LogP contribution in [0.25, 0.3) is 0 Å². The van der Waals surface area contributed by atoms with Gasteiger partial charge in [0.1, 0.15) is 5.75 Å². The zero-order valence-electron chi connectivity index (χ0n) is 15.3. The van der Waals surface area contributed by atoms with E-state index >= 15 is 0 Å². The van der Waals surface area contributed by atoms with Crippen LogP contribution in [0.4, 0.5) is 5.69 Å². The third-order valence-electron chi connectivity index (χ3n) is 4.69. The Bertz CT molecular complexity index is 924. The molecule has 27 heavy (non-hydrogen) atoms. The molecule has 6 heteroatoms. The molecule has 0 spiro atoms. The van der Waals surface area contributed by atoms with Gasteiger partial charge < -0.3 is 15.0 Å². The van der Waals surface area contributed by atoms with Crippen LogP contribution in [0.3, 0.4) is 0 Å². The van der Waals surface area contributed by atoms with Crippen molar-refractivity contribution in [2.75, 3.05) is 11.5 Å². The molecule has 1 aliphatic heterocycles. The Balaban J connectivity index is 1.77. The first-order valence-corrected chi connectivity index (χ1v) is 10.3. The average Bonchev–Trinajstić information content (AvgIpc) is 3.26. The Morgan fingerprint density at radius 3 is 2.63 bits per heavy atom.